The van der Waals surface area contributed by atoms with E-state index in [9.17, 15) is 4.79 Å². The number of unbranched alkanes of at least 4 members (excludes halogenated alkanes) is 1. The summed E-state index contributed by atoms with van der Waals surface area (Å²) >= 11 is 0. The molecular formula is C39H37N2O+. The quantitative estimate of drug-likeness (QED) is 0.164. The van der Waals surface area contributed by atoms with Gasteiger partial charge < -0.3 is 5.32 Å². The summed E-state index contributed by atoms with van der Waals surface area (Å²) in [5.74, 6) is 0.00693. The van der Waals surface area contributed by atoms with Crippen LogP contribution in [0.1, 0.15) is 51.0 Å². The molecule has 0 aliphatic heterocycles. The maximum Gasteiger partial charge on any atom is 0.251 e. The number of aryl methyl sites for hydroxylation is 3. The molecule has 2 aliphatic carbocycles. The zero-order valence-electron chi connectivity index (χ0n) is 24.3. The van der Waals surface area contributed by atoms with E-state index in [0.717, 1.165) is 56.2 Å². The summed E-state index contributed by atoms with van der Waals surface area (Å²) < 4.78 is 2.65. The third kappa shape index (κ3) is 4.83. The van der Waals surface area contributed by atoms with E-state index in [-0.39, 0.29) is 5.91 Å². The van der Waals surface area contributed by atoms with Crippen molar-refractivity contribution in [1.29, 1.82) is 0 Å². The molecule has 42 heavy (non-hydrogen) atoms. The number of hydrogen-bond donors (Lipinski definition) is 1. The first kappa shape index (κ1) is 26.4. The van der Waals surface area contributed by atoms with Crippen LogP contribution in [0.2, 0.25) is 0 Å². The molecule has 208 valence electrons. The Kier molecular flexibility index (Phi) is 7.17. The second-order valence-electron chi connectivity index (χ2n) is 11.7. The fourth-order valence-corrected chi connectivity index (χ4v) is 7.00. The molecule has 1 N–H and O–H groups in total. The molecule has 5 aromatic rings. The van der Waals surface area contributed by atoms with Crippen molar-refractivity contribution in [2.45, 2.75) is 52.0 Å². The molecule has 2 aliphatic rings. The number of amides is 1. The molecule has 0 radical (unpaired) electrons. The van der Waals surface area contributed by atoms with E-state index in [0.29, 0.717) is 6.54 Å². The molecule has 1 heterocycles. The van der Waals surface area contributed by atoms with E-state index in [4.69, 9.17) is 0 Å². The first-order valence-corrected chi connectivity index (χ1v) is 15.4. The molecule has 0 saturated heterocycles. The van der Waals surface area contributed by atoms with Crippen LogP contribution >= 0.6 is 0 Å². The van der Waals surface area contributed by atoms with Crippen LogP contribution in [-0.4, -0.2) is 12.5 Å². The predicted molar refractivity (Wildman–Crippen MR) is 171 cm³/mol. The highest BCUT2D eigenvalue weighted by Gasteiger charge is 2.37. The lowest BCUT2D eigenvalue weighted by molar-refractivity contribution is -0.676. The van der Waals surface area contributed by atoms with E-state index in [1.54, 1.807) is 0 Å². The zero-order valence-corrected chi connectivity index (χ0v) is 24.3. The Balaban J connectivity index is 1.29. The Bertz CT molecular complexity index is 1690. The van der Waals surface area contributed by atoms with Crippen molar-refractivity contribution in [2.24, 2.45) is 0 Å². The number of fused-ring (bicyclic) bond motifs is 6. The van der Waals surface area contributed by atoms with E-state index in [1.165, 1.54) is 55.9 Å². The van der Waals surface area contributed by atoms with Crippen molar-refractivity contribution < 1.29 is 9.36 Å². The van der Waals surface area contributed by atoms with Gasteiger partial charge in [0.05, 0.1) is 0 Å². The maximum absolute atomic E-state index is 12.7. The fraction of sp³-hybridized carbons (Fsp3) is 0.231. The van der Waals surface area contributed by atoms with Crippen LogP contribution in [0.25, 0.3) is 33.6 Å². The molecule has 0 unspecified atom stereocenters. The van der Waals surface area contributed by atoms with E-state index in [1.807, 2.05) is 31.2 Å². The number of carbonyl (C=O) groups is 1. The number of rotatable bonds is 7. The number of hydrogen-bond acceptors (Lipinski definition) is 1. The summed E-state index contributed by atoms with van der Waals surface area (Å²) in [7, 11) is 0. The Morgan fingerprint density at radius 2 is 1.24 bits per heavy atom. The summed E-state index contributed by atoms with van der Waals surface area (Å²) in [5.41, 5.74) is 16.0. The Morgan fingerprint density at radius 3 is 1.86 bits per heavy atom. The van der Waals surface area contributed by atoms with E-state index < -0.39 is 0 Å². The molecule has 0 spiro atoms. The van der Waals surface area contributed by atoms with Crippen LogP contribution in [-0.2, 0) is 32.2 Å². The van der Waals surface area contributed by atoms with Crippen molar-refractivity contribution in [1.82, 2.24) is 5.32 Å². The SMILES string of the molecule is Cc1ccc(C(=O)NCCCC[n+]2c3c(c(-c4ccccc4)c4c2-c2ccccc2CC4)CCc2ccccc2-3)cc1. The first-order chi connectivity index (χ1) is 20.7. The van der Waals surface area contributed by atoms with Gasteiger partial charge >= 0.3 is 0 Å². The van der Waals surface area contributed by atoms with Crippen LogP contribution in [0.15, 0.2) is 103 Å². The topological polar surface area (TPSA) is 33.0 Å². The van der Waals surface area contributed by atoms with Crippen molar-refractivity contribution in [3.63, 3.8) is 0 Å². The van der Waals surface area contributed by atoms with E-state index in [2.05, 4.69) is 88.7 Å². The lowest BCUT2D eigenvalue weighted by atomic mass is 9.77. The van der Waals surface area contributed by atoms with Gasteiger partial charge in [-0.25, -0.2) is 0 Å². The van der Waals surface area contributed by atoms with Crippen LogP contribution in [0.4, 0.5) is 0 Å². The van der Waals surface area contributed by atoms with Crippen LogP contribution in [0.5, 0.6) is 0 Å². The number of benzene rings is 4. The lowest BCUT2D eigenvalue weighted by Crippen LogP contribution is -2.43. The third-order valence-corrected chi connectivity index (χ3v) is 9.02. The molecular weight excluding hydrogens is 512 g/mol. The molecule has 0 bridgehead atoms. The van der Waals surface area contributed by atoms with Gasteiger partial charge in [-0.1, -0.05) is 84.4 Å². The fourth-order valence-electron chi connectivity index (χ4n) is 7.00. The molecule has 1 amide bonds. The minimum absolute atomic E-state index is 0.00693. The number of nitrogens with zero attached hydrogens (tertiary/aromatic N) is 1. The largest absolute Gasteiger partial charge is 0.352 e. The Labute approximate surface area is 248 Å². The molecule has 0 atom stereocenters. The predicted octanol–water partition coefficient (Wildman–Crippen LogP) is 7.69. The van der Waals surface area contributed by atoms with Crippen molar-refractivity contribution in [3.05, 3.63) is 137 Å². The molecule has 4 aromatic carbocycles. The standard InChI is InChI=1S/C39H36N2O/c1-27-17-19-31(20-18-27)39(42)40-25-9-10-26-41-37-32-15-7-5-11-28(32)21-23-34(37)36(30-13-3-2-4-14-30)35-24-22-29-12-6-8-16-33(29)38(35)41/h2-8,11-20H,9-10,21-26H2,1H3/p+1. The van der Waals surface area contributed by atoms with Crippen molar-refractivity contribution in [2.75, 3.05) is 6.54 Å². The number of aromatic nitrogens is 1. The molecule has 1 aromatic heterocycles. The number of carbonyl (C=O) groups excluding carboxylic acids is 1. The summed E-state index contributed by atoms with van der Waals surface area (Å²) in [6.07, 6.45) is 6.17. The Morgan fingerprint density at radius 1 is 0.667 bits per heavy atom. The van der Waals surface area contributed by atoms with Gasteiger partial charge in [-0.2, -0.15) is 4.57 Å². The number of pyridine rings is 1. The van der Waals surface area contributed by atoms with Crippen molar-refractivity contribution in [3.8, 4) is 33.6 Å². The molecule has 3 heteroatoms. The van der Waals surface area contributed by atoms with Gasteiger partial charge in [-0.05, 0) is 80.0 Å². The normalized spacial score (nSPS) is 13.0. The van der Waals surface area contributed by atoms with Gasteiger partial charge in [0.25, 0.3) is 5.91 Å². The first-order valence-electron chi connectivity index (χ1n) is 15.4. The summed E-state index contributed by atoms with van der Waals surface area (Å²) in [6, 6.07) is 36.8. The third-order valence-electron chi connectivity index (χ3n) is 9.02. The highest BCUT2D eigenvalue weighted by atomic mass is 16.1. The van der Waals surface area contributed by atoms with Gasteiger partial charge in [-0.3, -0.25) is 4.79 Å². The lowest BCUT2D eigenvalue weighted by Gasteiger charge is -2.28. The second-order valence-corrected chi connectivity index (χ2v) is 11.7. The van der Waals surface area contributed by atoms with Gasteiger partial charge in [0, 0.05) is 46.3 Å². The molecule has 3 nitrogen and oxygen atoms in total. The second kappa shape index (κ2) is 11.4. The zero-order chi connectivity index (χ0) is 28.5. The van der Waals surface area contributed by atoms with Gasteiger partial charge in [0.2, 0.25) is 11.4 Å². The minimum Gasteiger partial charge on any atom is -0.352 e. The maximum atomic E-state index is 12.7. The minimum atomic E-state index is 0.00693. The highest BCUT2D eigenvalue weighted by Crippen LogP contribution is 2.44. The average Bonchev–Trinajstić information content (AvgIpc) is 3.04. The van der Waals surface area contributed by atoms with Gasteiger partial charge in [0.15, 0.2) is 0 Å². The van der Waals surface area contributed by atoms with E-state index >= 15 is 0 Å². The van der Waals surface area contributed by atoms with Crippen LogP contribution in [0.3, 0.4) is 0 Å². The summed E-state index contributed by atoms with van der Waals surface area (Å²) in [5, 5.41) is 3.14. The van der Waals surface area contributed by atoms with Gasteiger partial charge in [-0.15, -0.1) is 0 Å². The highest BCUT2D eigenvalue weighted by molar-refractivity contribution is 5.94. The Hall–Kier alpha value is -4.50. The molecule has 0 fully saturated rings. The number of nitrogens with one attached hydrogen (secondary N) is 1. The molecule has 7 rings (SSSR count). The van der Waals surface area contributed by atoms with Crippen LogP contribution < -0.4 is 9.88 Å². The monoisotopic (exact) mass is 549 g/mol. The summed E-state index contributed by atoms with van der Waals surface area (Å²) in [6.45, 7) is 3.63. The summed E-state index contributed by atoms with van der Waals surface area (Å²) in [4.78, 5) is 12.7. The van der Waals surface area contributed by atoms with Crippen molar-refractivity contribution >= 4 is 5.91 Å². The molecule has 0 saturated carbocycles. The average molecular weight is 550 g/mol. The van der Waals surface area contributed by atoms with Crippen LogP contribution in [0, 0.1) is 6.92 Å². The smallest absolute Gasteiger partial charge is 0.251 e. The van der Waals surface area contributed by atoms with Gasteiger partial charge in [0.1, 0.15) is 6.54 Å².